The normalized spacial score (nSPS) is 10.9. The van der Waals surface area contributed by atoms with Crippen LogP contribution in [0.4, 0.5) is 0 Å². The summed E-state index contributed by atoms with van der Waals surface area (Å²) in [5.41, 5.74) is 1.15. The molecule has 128 valence electrons. The molecule has 0 aliphatic carbocycles. The first-order valence-corrected chi connectivity index (χ1v) is 8.24. The van der Waals surface area contributed by atoms with Crippen LogP contribution in [0, 0.1) is 0 Å². The second kappa shape index (κ2) is 10.0. The van der Waals surface area contributed by atoms with Gasteiger partial charge in [-0.15, -0.1) is 0 Å². The molecule has 1 aromatic carbocycles. The fourth-order valence-corrected chi connectivity index (χ4v) is 2.90. The van der Waals surface area contributed by atoms with Gasteiger partial charge in [0.1, 0.15) is 5.76 Å². The highest BCUT2D eigenvalue weighted by Gasteiger charge is 2.13. The van der Waals surface area contributed by atoms with Crippen LogP contribution in [0.2, 0.25) is 0 Å². The molecule has 0 saturated carbocycles. The Morgan fingerprint density at radius 3 is 2.54 bits per heavy atom. The quantitative estimate of drug-likeness (QED) is 0.163. The molecule has 1 rings (SSSR count). The monoisotopic (exact) mass is 366 g/mol. The Morgan fingerprint density at radius 1 is 1.25 bits per heavy atom. The van der Waals surface area contributed by atoms with E-state index in [-0.39, 0.29) is 11.5 Å². The molecule has 1 aromatic rings. The van der Waals surface area contributed by atoms with Gasteiger partial charge in [-0.25, -0.2) is 0 Å². The van der Waals surface area contributed by atoms with E-state index in [0.29, 0.717) is 23.5 Å². The lowest BCUT2D eigenvalue weighted by molar-refractivity contribution is -0.140. The van der Waals surface area contributed by atoms with E-state index in [1.54, 1.807) is 6.08 Å². The standard InChI is InChI=1S/C18H19ClO4S/c1-12(22-3)10-16(13(2)18(19)21)24-15-7-5-6-14(11-15)8-9-17(20)23-4/h5-7,10-11H,1-2,8-9H2,3-4H3/b16-10+. The van der Waals surface area contributed by atoms with E-state index in [4.69, 9.17) is 16.3 Å². The second-order valence-corrected chi connectivity index (χ2v) is 6.22. The number of hydrogen-bond donors (Lipinski definition) is 0. The van der Waals surface area contributed by atoms with Gasteiger partial charge in [0.15, 0.2) is 0 Å². The molecule has 0 spiro atoms. The lowest BCUT2D eigenvalue weighted by Crippen LogP contribution is -2.01. The van der Waals surface area contributed by atoms with Crippen molar-refractivity contribution in [1.82, 2.24) is 0 Å². The maximum atomic E-state index is 11.4. The summed E-state index contributed by atoms with van der Waals surface area (Å²) in [7, 11) is 2.85. The molecule has 4 nitrogen and oxygen atoms in total. The molecular weight excluding hydrogens is 348 g/mol. The van der Waals surface area contributed by atoms with Crippen LogP contribution in [0.3, 0.4) is 0 Å². The summed E-state index contributed by atoms with van der Waals surface area (Å²) in [5.74, 6) is 0.129. The maximum absolute atomic E-state index is 11.4. The van der Waals surface area contributed by atoms with E-state index >= 15 is 0 Å². The molecule has 0 amide bonds. The highest BCUT2D eigenvalue weighted by atomic mass is 35.5. The molecule has 0 saturated heterocycles. The number of carbonyl (C=O) groups is 2. The maximum Gasteiger partial charge on any atom is 0.305 e. The van der Waals surface area contributed by atoms with Crippen molar-refractivity contribution in [3.05, 3.63) is 65.3 Å². The van der Waals surface area contributed by atoms with E-state index in [1.807, 2.05) is 24.3 Å². The average Bonchev–Trinajstić information content (AvgIpc) is 2.58. The molecule has 0 heterocycles. The van der Waals surface area contributed by atoms with E-state index < -0.39 is 5.24 Å². The van der Waals surface area contributed by atoms with Crippen LogP contribution < -0.4 is 0 Å². The number of methoxy groups -OCH3 is 2. The Morgan fingerprint density at radius 2 is 1.96 bits per heavy atom. The van der Waals surface area contributed by atoms with E-state index in [2.05, 4.69) is 17.9 Å². The second-order valence-electron chi connectivity index (χ2n) is 4.76. The zero-order chi connectivity index (χ0) is 18.1. The number of benzene rings is 1. The molecule has 0 aliphatic rings. The first kappa shape index (κ1) is 20.1. The van der Waals surface area contributed by atoms with Crippen molar-refractivity contribution in [2.45, 2.75) is 17.7 Å². The number of allylic oxidation sites excluding steroid dienone is 2. The molecule has 6 heteroatoms. The van der Waals surface area contributed by atoms with Crippen molar-refractivity contribution < 1.29 is 19.1 Å². The highest BCUT2D eigenvalue weighted by molar-refractivity contribution is 8.03. The highest BCUT2D eigenvalue weighted by Crippen LogP contribution is 2.33. The van der Waals surface area contributed by atoms with Crippen LogP contribution in [-0.2, 0) is 25.5 Å². The number of ether oxygens (including phenoxy) is 2. The first-order chi connectivity index (χ1) is 11.4. The number of halogens is 1. The van der Waals surface area contributed by atoms with Gasteiger partial charge < -0.3 is 9.47 Å². The fourth-order valence-electron chi connectivity index (χ4n) is 1.72. The number of rotatable bonds is 9. The predicted molar refractivity (Wildman–Crippen MR) is 96.9 cm³/mol. The summed E-state index contributed by atoms with van der Waals surface area (Å²) in [6, 6.07) is 7.62. The van der Waals surface area contributed by atoms with Crippen molar-refractivity contribution >= 4 is 34.6 Å². The zero-order valence-corrected chi connectivity index (χ0v) is 15.2. The van der Waals surface area contributed by atoms with E-state index in [1.165, 1.54) is 26.0 Å². The van der Waals surface area contributed by atoms with Crippen molar-refractivity contribution in [3.63, 3.8) is 0 Å². The fraction of sp³-hybridized carbons (Fsp3) is 0.222. The molecule has 0 N–H and O–H groups in total. The SMILES string of the molecule is C=C(/C=C(/Sc1cccc(CCC(=O)OC)c1)C(=C)C(=O)Cl)OC. The number of carbonyl (C=O) groups excluding carboxylic acids is 2. The van der Waals surface area contributed by atoms with Crippen LogP contribution >= 0.6 is 23.4 Å². The van der Waals surface area contributed by atoms with Gasteiger partial charge in [0.2, 0.25) is 0 Å². The summed E-state index contributed by atoms with van der Waals surface area (Å²) in [6.45, 7) is 7.42. The number of aryl methyl sites for hydroxylation is 1. The van der Waals surface area contributed by atoms with Gasteiger partial charge >= 0.3 is 5.97 Å². The molecular formula is C18H19ClO4S. The molecule has 0 bridgehead atoms. The Labute approximate surface area is 151 Å². The summed E-state index contributed by atoms with van der Waals surface area (Å²) >= 11 is 6.86. The third-order valence-corrected chi connectivity index (χ3v) is 4.36. The number of thioether (sulfide) groups is 1. The molecule has 0 fully saturated rings. The van der Waals surface area contributed by atoms with E-state index in [9.17, 15) is 9.59 Å². The Balaban J connectivity index is 2.96. The van der Waals surface area contributed by atoms with Gasteiger partial charge in [-0.3, -0.25) is 9.59 Å². The lowest BCUT2D eigenvalue weighted by atomic mass is 10.1. The van der Waals surface area contributed by atoms with Crippen molar-refractivity contribution in [3.8, 4) is 0 Å². The molecule has 0 radical (unpaired) electrons. The third kappa shape index (κ3) is 6.64. The largest absolute Gasteiger partial charge is 0.497 e. The van der Waals surface area contributed by atoms with E-state index in [0.717, 1.165) is 10.5 Å². The van der Waals surface area contributed by atoms with Gasteiger partial charge in [0, 0.05) is 21.8 Å². The third-order valence-electron chi connectivity index (χ3n) is 3.06. The van der Waals surface area contributed by atoms with Crippen LogP contribution in [0.25, 0.3) is 0 Å². The molecule has 24 heavy (non-hydrogen) atoms. The van der Waals surface area contributed by atoms with Gasteiger partial charge in [-0.1, -0.05) is 37.1 Å². The topological polar surface area (TPSA) is 52.6 Å². The van der Waals surface area contributed by atoms with Crippen LogP contribution in [0.1, 0.15) is 12.0 Å². The summed E-state index contributed by atoms with van der Waals surface area (Å²) < 4.78 is 9.66. The Hall–Kier alpha value is -1.98. The molecule has 0 unspecified atom stereocenters. The van der Waals surface area contributed by atoms with Gasteiger partial charge in [-0.05, 0) is 41.8 Å². The minimum absolute atomic E-state index is 0.167. The number of hydrogen-bond acceptors (Lipinski definition) is 5. The lowest BCUT2D eigenvalue weighted by Gasteiger charge is -2.10. The van der Waals surface area contributed by atoms with Crippen LogP contribution in [0.5, 0.6) is 0 Å². The van der Waals surface area contributed by atoms with Crippen LogP contribution in [-0.4, -0.2) is 25.4 Å². The van der Waals surface area contributed by atoms with Crippen molar-refractivity contribution in [1.29, 1.82) is 0 Å². The zero-order valence-electron chi connectivity index (χ0n) is 13.6. The predicted octanol–water partition coefficient (Wildman–Crippen LogP) is 4.25. The van der Waals surface area contributed by atoms with Gasteiger partial charge in [-0.2, -0.15) is 0 Å². The number of esters is 1. The van der Waals surface area contributed by atoms with Crippen LogP contribution in [0.15, 0.2) is 64.6 Å². The minimum atomic E-state index is -0.639. The van der Waals surface area contributed by atoms with Gasteiger partial charge in [0.05, 0.1) is 14.2 Å². The summed E-state index contributed by atoms with van der Waals surface area (Å²) in [4.78, 5) is 24.1. The first-order valence-electron chi connectivity index (χ1n) is 7.04. The Bertz CT molecular complexity index is 679. The smallest absolute Gasteiger partial charge is 0.305 e. The van der Waals surface area contributed by atoms with Gasteiger partial charge in [0.25, 0.3) is 5.24 Å². The average molecular weight is 367 g/mol. The van der Waals surface area contributed by atoms with Crippen molar-refractivity contribution in [2.75, 3.05) is 14.2 Å². The Kier molecular flexibility index (Phi) is 8.36. The summed E-state index contributed by atoms with van der Waals surface area (Å²) in [6.07, 6.45) is 2.48. The molecule has 0 atom stereocenters. The summed E-state index contributed by atoms with van der Waals surface area (Å²) in [5, 5.41) is -0.639. The molecule has 0 aliphatic heterocycles. The van der Waals surface area contributed by atoms with Crippen molar-refractivity contribution in [2.24, 2.45) is 0 Å². The molecule has 0 aromatic heterocycles. The minimum Gasteiger partial charge on any atom is -0.497 e.